The smallest absolute Gasteiger partial charge is 0.415 e. The Balaban J connectivity index is 2.63. The number of benzene rings is 1. The second-order valence-electron chi connectivity index (χ2n) is 3.32. The summed E-state index contributed by atoms with van der Waals surface area (Å²) in [5.74, 6) is -0.236. The molecule has 5 heteroatoms. The first-order chi connectivity index (χ1) is 7.63. The van der Waals surface area contributed by atoms with Gasteiger partial charge in [0, 0.05) is 24.2 Å². The average molecular weight is 218 g/mol. The van der Waals surface area contributed by atoms with Crippen LogP contribution in [0.1, 0.15) is 10.4 Å². The van der Waals surface area contributed by atoms with Crippen molar-refractivity contribution in [1.82, 2.24) is 9.88 Å². The molecule has 82 valence electrons. The molecule has 2 aromatic rings. The number of nitrogens with one attached hydrogen (secondary N) is 1. The van der Waals surface area contributed by atoms with Crippen molar-refractivity contribution in [3.8, 4) is 0 Å². The molecule has 16 heavy (non-hydrogen) atoms. The van der Waals surface area contributed by atoms with E-state index in [9.17, 15) is 9.59 Å². The summed E-state index contributed by atoms with van der Waals surface area (Å²) >= 11 is 0. The van der Waals surface area contributed by atoms with Crippen LogP contribution in [0.5, 0.6) is 0 Å². The maximum absolute atomic E-state index is 11.4. The largest absolute Gasteiger partial charge is 0.464 e. The molecule has 0 atom stereocenters. The number of aromatic nitrogens is 1. The van der Waals surface area contributed by atoms with Crippen molar-refractivity contribution in [3.05, 3.63) is 36.0 Å². The van der Waals surface area contributed by atoms with E-state index in [1.54, 1.807) is 24.3 Å². The quantitative estimate of drug-likeness (QED) is 0.762. The average Bonchev–Trinajstić information content (AvgIpc) is 2.70. The second kappa shape index (κ2) is 3.69. The Kier molecular flexibility index (Phi) is 2.36. The van der Waals surface area contributed by atoms with E-state index in [1.807, 2.05) is 0 Å². The number of hydrogen-bond donors (Lipinski definition) is 2. The van der Waals surface area contributed by atoms with Crippen molar-refractivity contribution in [2.45, 2.75) is 0 Å². The van der Waals surface area contributed by atoms with Gasteiger partial charge in [-0.25, -0.2) is 4.79 Å². The molecule has 1 amide bonds. The van der Waals surface area contributed by atoms with Gasteiger partial charge in [0.1, 0.15) is 0 Å². The van der Waals surface area contributed by atoms with E-state index in [2.05, 4.69) is 5.32 Å². The minimum absolute atomic E-state index is 0.236. The molecule has 0 aliphatic heterocycles. The molecule has 5 nitrogen and oxygen atoms in total. The van der Waals surface area contributed by atoms with Crippen LogP contribution >= 0.6 is 0 Å². The Morgan fingerprint density at radius 1 is 1.31 bits per heavy atom. The van der Waals surface area contributed by atoms with Gasteiger partial charge in [-0.05, 0) is 18.2 Å². The highest BCUT2D eigenvalue weighted by atomic mass is 16.4. The fraction of sp³-hybridized carbons (Fsp3) is 0.0909. The number of carboxylic acid groups (broad SMARTS) is 1. The molecule has 0 spiro atoms. The van der Waals surface area contributed by atoms with Gasteiger partial charge in [0.25, 0.3) is 5.91 Å². The van der Waals surface area contributed by atoms with E-state index in [-0.39, 0.29) is 5.91 Å². The summed E-state index contributed by atoms with van der Waals surface area (Å²) in [7, 11) is 1.53. The molecule has 0 aliphatic rings. The number of rotatable bonds is 1. The Hall–Kier alpha value is -2.30. The van der Waals surface area contributed by atoms with Gasteiger partial charge in [-0.3, -0.25) is 9.36 Å². The molecule has 0 unspecified atom stereocenters. The third kappa shape index (κ3) is 1.52. The molecule has 2 rings (SSSR count). The van der Waals surface area contributed by atoms with E-state index in [4.69, 9.17) is 5.11 Å². The highest BCUT2D eigenvalue weighted by Gasteiger charge is 2.09. The van der Waals surface area contributed by atoms with Gasteiger partial charge in [-0.2, -0.15) is 0 Å². The fourth-order valence-electron chi connectivity index (χ4n) is 1.58. The molecule has 1 aromatic carbocycles. The molecule has 1 heterocycles. The van der Waals surface area contributed by atoms with Crippen LogP contribution in [0.25, 0.3) is 10.9 Å². The van der Waals surface area contributed by atoms with Crippen LogP contribution in [-0.4, -0.2) is 28.7 Å². The van der Waals surface area contributed by atoms with Gasteiger partial charge in [-0.15, -0.1) is 0 Å². The Morgan fingerprint density at radius 2 is 2.06 bits per heavy atom. The zero-order chi connectivity index (χ0) is 11.7. The number of carbonyl (C=O) groups is 2. The van der Waals surface area contributed by atoms with Crippen LogP contribution < -0.4 is 5.32 Å². The number of amides is 1. The molecule has 0 radical (unpaired) electrons. The van der Waals surface area contributed by atoms with Crippen LogP contribution in [0.4, 0.5) is 4.79 Å². The van der Waals surface area contributed by atoms with Gasteiger partial charge < -0.3 is 10.4 Å². The van der Waals surface area contributed by atoms with E-state index in [0.717, 1.165) is 9.95 Å². The number of carbonyl (C=O) groups excluding carboxylic acids is 1. The maximum Gasteiger partial charge on any atom is 0.415 e. The summed E-state index contributed by atoms with van der Waals surface area (Å²) in [4.78, 5) is 22.3. The SMILES string of the molecule is CNC(=O)c1ccc2ccn(C(=O)O)c2c1. The highest BCUT2D eigenvalue weighted by Crippen LogP contribution is 2.17. The molecule has 0 saturated heterocycles. The molecule has 0 saturated carbocycles. The van der Waals surface area contributed by atoms with Gasteiger partial charge in [0.05, 0.1) is 5.52 Å². The van der Waals surface area contributed by atoms with Gasteiger partial charge >= 0.3 is 6.09 Å². The fourth-order valence-corrected chi connectivity index (χ4v) is 1.58. The van der Waals surface area contributed by atoms with E-state index in [1.165, 1.54) is 13.2 Å². The predicted molar refractivity (Wildman–Crippen MR) is 58.8 cm³/mol. The summed E-state index contributed by atoms with van der Waals surface area (Å²) in [6, 6.07) is 6.63. The lowest BCUT2D eigenvalue weighted by molar-refractivity contribution is 0.0963. The second-order valence-corrected chi connectivity index (χ2v) is 3.32. The van der Waals surface area contributed by atoms with E-state index >= 15 is 0 Å². The van der Waals surface area contributed by atoms with Crippen molar-refractivity contribution in [1.29, 1.82) is 0 Å². The van der Waals surface area contributed by atoms with Crippen LogP contribution in [0.2, 0.25) is 0 Å². The third-order valence-corrected chi connectivity index (χ3v) is 2.39. The molecular weight excluding hydrogens is 208 g/mol. The maximum atomic E-state index is 11.4. The first-order valence-electron chi connectivity index (χ1n) is 4.70. The summed E-state index contributed by atoms with van der Waals surface area (Å²) in [5, 5.41) is 12.2. The van der Waals surface area contributed by atoms with Gasteiger partial charge in [0.15, 0.2) is 0 Å². The molecular formula is C11H10N2O3. The summed E-state index contributed by atoms with van der Waals surface area (Å²) in [6.45, 7) is 0. The minimum atomic E-state index is -1.07. The molecule has 0 bridgehead atoms. The summed E-state index contributed by atoms with van der Waals surface area (Å²) in [6.07, 6.45) is 0.393. The topological polar surface area (TPSA) is 71.3 Å². The van der Waals surface area contributed by atoms with Gasteiger partial charge in [-0.1, -0.05) is 6.07 Å². The first kappa shape index (κ1) is 10.2. The van der Waals surface area contributed by atoms with Crippen LogP contribution in [0, 0.1) is 0 Å². The lowest BCUT2D eigenvalue weighted by atomic mass is 10.1. The van der Waals surface area contributed by atoms with Crippen LogP contribution in [0.3, 0.4) is 0 Å². The van der Waals surface area contributed by atoms with E-state index in [0.29, 0.717) is 11.1 Å². The van der Waals surface area contributed by atoms with Crippen LogP contribution in [-0.2, 0) is 0 Å². The molecule has 0 fully saturated rings. The monoisotopic (exact) mass is 218 g/mol. The zero-order valence-electron chi connectivity index (χ0n) is 8.60. The molecule has 2 N–H and O–H groups in total. The lowest BCUT2D eigenvalue weighted by Gasteiger charge is -2.01. The molecule has 1 aromatic heterocycles. The Labute approximate surface area is 91.3 Å². The zero-order valence-corrected chi connectivity index (χ0v) is 8.60. The number of hydrogen-bond acceptors (Lipinski definition) is 2. The number of nitrogens with zero attached hydrogens (tertiary/aromatic N) is 1. The first-order valence-corrected chi connectivity index (χ1v) is 4.70. The summed E-state index contributed by atoms with van der Waals surface area (Å²) < 4.78 is 1.09. The van der Waals surface area contributed by atoms with Crippen LogP contribution in [0.15, 0.2) is 30.5 Å². The molecule has 0 aliphatic carbocycles. The van der Waals surface area contributed by atoms with Crippen molar-refractivity contribution in [2.75, 3.05) is 7.05 Å². The Morgan fingerprint density at radius 3 is 2.69 bits per heavy atom. The predicted octanol–water partition coefficient (Wildman–Crippen LogP) is 1.53. The van der Waals surface area contributed by atoms with Crippen molar-refractivity contribution >= 4 is 22.9 Å². The van der Waals surface area contributed by atoms with Gasteiger partial charge in [0.2, 0.25) is 0 Å². The standard InChI is InChI=1S/C11H10N2O3/c1-12-10(14)8-3-2-7-4-5-13(11(15)16)9(7)6-8/h2-6H,1H3,(H,12,14)(H,15,16). The van der Waals surface area contributed by atoms with Crippen molar-refractivity contribution < 1.29 is 14.7 Å². The van der Waals surface area contributed by atoms with E-state index < -0.39 is 6.09 Å². The van der Waals surface area contributed by atoms with Crippen molar-refractivity contribution in [3.63, 3.8) is 0 Å². The highest BCUT2D eigenvalue weighted by molar-refractivity contribution is 5.99. The normalized spacial score (nSPS) is 10.3. The van der Waals surface area contributed by atoms with Crippen molar-refractivity contribution in [2.24, 2.45) is 0 Å². The lowest BCUT2D eigenvalue weighted by Crippen LogP contribution is -2.17. The Bertz CT molecular complexity index is 572. The summed E-state index contributed by atoms with van der Waals surface area (Å²) in [5.41, 5.74) is 0.949. The third-order valence-electron chi connectivity index (χ3n) is 2.39. The number of fused-ring (bicyclic) bond motifs is 1. The minimum Gasteiger partial charge on any atom is -0.464 e.